The van der Waals surface area contributed by atoms with E-state index in [9.17, 15) is 22.0 Å². The molecule has 1 aromatic carbocycles. The van der Waals surface area contributed by atoms with Gasteiger partial charge in [0.25, 0.3) is 0 Å². The molecule has 0 radical (unpaired) electrons. The first kappa shape index (κ1) is 21.0. The Bertz CT molecular complexity index is 848. The molecule has 1 fully saturated rings. The minimum absolute atomic E-state index is 0.0543. The summed E-state index contributed by atoms with van der Waals surface area (Å²) in [5.74, 6) is -3.99. The van der Waals surface area contributed by atoms with Gasteiger partial charge in [-0.05, 0) is 36.9 Å². The van der Waals surface area contributed by atoms with Crippen molar-refractivity contribution in [3.05, 3.63) is 47.1 Å². The molecule has 1 aromatic heterocycles. The fourth-order valence-electron chi connectivity index (χ4n) is 3.25. The third-order valence-electron chi connectivity index (χ3n) is 4.69. The minimum atomic E-state index is -4.39. The Kier molecular flexibility index (Phi) is 6.24. The summed E-state index contributed by atoms with van der Waals surface area (Å²) in [5.41, 5.74) is 0.768. The van der Waals surface area contributed by atoms with Gasteiger partial charge in [-0.25, -0.2) is 13.8 Å². The van der Waals surface area contributed by atoms with Crippen LogP contribution >= 0.6 is 23.4 Å². The highest BCUT2D eigenvalue weighted by atomic mass is 35.5. The van der Waals surface area contributed by atoms with Gasteiger partial charge < -0.3 is 10.2 Å². The maximum absolute atomic E-state index is 13.9. The first-order valence-corrected chi connectivity index (χ1v) is 10.0. The lowest BCUT2D eigenvalue weighted by molar-refractivity contribution is -0.168. The lowest BCUT2D eigenvalue weighted by Gasteiger charge is -2.28. The number of rotatable bonds is 5. The summed E-state index contributed by atoms with van der Waals surface area (Å²) in [6.07, 6.45) is -1.10. The van der Waals surface area contributed by atoms with Crippen molar-refractivity contribution in [3.63, 3.8) is 0 Å². The van der Waals surface area contributed by atoms with E-state index in [0.29, 0.717) is 5.69 Å². The molecule has 10 heteroatoms. The van der Waals surface area contributed by atoms with Gasteiger partial charge in [0.2, 0.25) is 0 Å². The maximum Gasteiger partial charge on any atom is 0.393 e. The Morgan fingerprint density at radius 3 is 2.71 bits per heavy atom. The van der Waals surface area contributed by atoms with Gasteiger partial charge in [-0.2, -0.15) is 13.2 Å². The van der Waals surface area contributed by atoms with E-state index in [2.05, 4.69) is 10.3 Å². The largest absolute Gasteiger partial charge is 0.393 e. The predicted molar refractivity (Wildman–Crippen MR) is 101 cm³/mol. The summed E-state index contributed by atoms with van der Waals surface area (Å²) >= 11 is 7.34. The fraction of sp³-hybridized carbons (Fsp3) is 0.389. The van der Waals surface area contributed by atoms with Crippen LogP contribution in [0.1, 0.15) is 6.42 Å². The maximum atomic E-state index is 13.9. The average Bonchev–Trinajstić information content (AvgIpc) is 3.09. The molecule has 1 aliphatic rings. The zero-order chi connectivity index (χ0) is 20.5. The van der Waals surface area contributed by atoms with Crippen LogP contribution in [0.25, 0.3) is 0 Å². The van der Waals surface area contributed by atoms with Crippen molar-refractivity contribution in [2.45, 2.75) is 23.7 Å². The zero-order valence-electron chi connectivity index (χ0n) is 14.7. The summed E-state index contributed by atoms with van der Waals surface area (Å²) < 4.78 is 67.1. The first-order chi connectivity index (χ1) is 13.2. The Morgan fingerprint density at radius 1 is 1.29 bits per heavy atom. The monoisotopic (exact) mass is 437 g/mol. The number of pyridine rings is 1. The SMILES string of the molecule is CSc1cc(NCC2CC(C(F)(F)F)CN2c2ccc(F)c(F)c2Cl)ccn1. The predicted octanol–water partition coefficient (Wildman–Crippen LogP) is 5.60. The van der Waals surface area contributed by atoms with Crippen LogP contribution in [0.4, 0.5) is 33.3 Å². The highest BCUT2D eigenvalue weighted by Crippen LogP contribution is 2.41. The number of benzene rings is 1. The van der Waals surface area contributed by atoms with E-state index >= 15 is 0 Å². The van der Waals surface area contributed by atoms with Crippen molar-refractivity contribution >= 4 is 34.7 Å². The van der Waals surface area contributed by atoms with Gasteiger partial charge in [-0.15, -0.1) is 11.8 Å². The number of nitrogens with zero attached hydrogens (tertiary/aromatic N) is 2. The molecule has 0 spiro atoms. The molecular formula is C18H17ClF5N3S. The van der Waals surface area contributed by atoms with Crippen LogP contribution in [0.2, 0.25) is 5.02 Å². The van der Waals surface area contributed by atoms with E-state index in [4.69, 9.17) is 11.6 Å². The van der Waals surface area contributed by atoms with Gasteiger partial charge in [0.1, 0.15) is 5.02 Å². The molecule has 2 atom stereocenters. The van der Waals surface area contributed by atoms with Crippen LogP contribution in [-0.2, 0) is 0 Å². The van der Waals surface area contributed by atoms with E-state index in [1.807, 2.05) is 6.26 Å². The van der Waals surface area contributed by atoms with E-state index in [-0.39, 0.29) is 25.2 Å². The van der Waals surface area contributed by atoms with Crippen molar-refractivity contribution < 1.29 is 22.0 Å². The number of aromatic nitrogens is 1. The van der Waals surface area contributed by atoms with Crippen LogP contribution in [0.5, 0.6) is 0 Å². The smallest absolute Gasteiger partial charge is 0.383 e. The second kappa shape index (κ2) is 8.32. The molecular weight excluding hydrogens is 421 g/mol. The molecule has 28 heavy (non-hydrogen) atoms. The van der Waals surface area contributed by atoms with Crippen molar-refractivity contribution in [3.8, 4) is 0 Å². The number of halogens is 6. The van der Waals surface area contributed by atoms with Crippen LogP contribution in [0.15, 0.2) is 35.5 Å². The van der Waals surface area contributed by atoms with E-state index < -0.39 is 34.8 Å². The zero-order valence-corrected chi connectivity index (χ0v) is 16.3. The standard InChI is InChI=1S/C18H17ClF5N3S/c1-28-15-7-11(4-5-25-15)26-8-12-6-10(18(22,23)24)9-27(12)14-3-2-13(20)17(21)16(14)19/h2-5,7,10,12H,6,8-9H2,1H3,(H,25,26). The van der Waals surface area contributed by atoms with Crippen LogP contribution in [-0.4, -0.2) is 36.5 Å². The Hall–Kier alpha value is -1.74. The number of hydrogen-bond donors (Lipinski definition) is 1. The van der Waals surface area contributed by atoms with Gasteiger partial charge in [0.15, 0.2) is 11.6 Å². The molecule has 2 aromatic rings. The molecule has 0 aliphatic carbocycles. The summed E-state index contributed by atoms with van der Waals surface area (Å²) in [7, 11) is 0. The number of thioether (sulfide) groups is 1. The minimum Gasteiger partial charge on any atom is -0.383 e. The van der Waals surface area contributed by atoms with Gasteiger partial charge in [-0.3, -0.25) is 0 Å². The number of hydrogen-bond acceptors (Lipinski definition) is 4. The molecule has 0 amide bonds. The molecule has 1 aliphatic heterocycles. The molecule has 2 heterocycles. The topological polar surface area (TPSA) is 28.2 Å². The summed E-state index contributed by atoms with van der Waals surface area (Å²) in [6.45, 7) is -0.188. The molecule has 2 unspecified atom stereocenters. The first-order valence-electron chi connectivity index (χ1n) is 8.41. The molecule has 152 valence electrons. The quantitative estimate of drug-likeness (QED) is 0.374. The summed E-state index contributed by atoms with van der Waals surface area (Å²) in [4.78, 5) is 5.54. The Morgan fingerprint density at radius 2 is 2.04 bits per heavy atom. The molecule has 3 rings (SSSR count). The van der Waals surface area contributed by atoms with Crippen LogP contribution in [0, 0.1) is 17.6 Å². The number of alkyl halides is 3. The second-order valence-electron chi connectivity index (χ2n) is 6.44. The van der Waals surface area contributed by atoms with Crippen molar-refractivity contribution in [2.75, 3.05) is 29.6 Å². The Labute approximate surface area is 168 Å². The molecule has 0 saturated carbocycles. The van der Waals surface area contributed by atoms with E-state index in [1.165, 1.54) is 22.7 Å². The van der Waals surface area contributed by atoms with Crippen molar-refractivity contribution in [2.24, 2.45) is 5.92 Å². The molecule has 3 nitrogen and oxygen atoms in total. The molecule has 1 N–H and O–H groups in total. The lowest BCUT2D eigenvalue weighted by atomic mass is 10.1. The highest BCUT2D eigenvalue weighted by molar-refractivity contribution is 7.98. The summed E-state index contributed by atoms with van der Waals surface area (Å²) in [6, 6.07) is 4.99. The van der Waals surface area contributed by atoms with Crippen molar-refractivity contribution in [1.82, 2.24) is 4.98 Å². The Balaban J connectivity index is 1.84. The highest BCUT2D eigenvalue weighted by Gasteiger charge is 2.47. The number of nitrogens with one attached hydrogen (secondary N) is 1. The normalized spacial score (nSPS) is 19.9. The summed E-state index contributed by atoms with van der Waals surface area (Å²) in [5, 5.41) is 3.36. The van der Waals surface area contributed by atoms with E-state index in [0.717, 1.165) is 11.1 Å². The van der Waals surface area contributed by atoms with Gasteiger partial charge in [0, 0.05) is 31.0 Å². The molecule has 1 saturated heterocycles. The second-order valence-corrected chi connectivity index (χ2v) is 7.65. The fourth-order valence-corrected chi connectivity index (χ4v) is 3.92. The van der Waals surface area contributed by atoms with Gasteiger partial charge in [-0.1, -0.05) is 11.6 Å². The van der Waals surface area contributed by atoms with E-state index in [1.54, 1.807) is 18.3 Å². The van der Waals surface area contributed by atoms with Crippen LogP contribution in [0.3, 0.4) is 0 Å². The molecule has 0 bridgehead atoms. The lowest BCUT2D eigenvalue weighted by Crippen LogP contribution is -2.35. The van der Waals surface area contributed by atoms with Crippen molar-refractivity contribution in [1.29, 1.82) is 0 Å². The third kappa shape index (κ3) is 4.46. The average molecular weight is 438 g/mol. The van der Waals surface area contributed by atoms with Crippen LogP contribution < -0.4 is 10.2 Å². The third-order valence-corrected chi connectivity index (χ3v) is 5.69. The van der Waals surface area contributed by atoms with Gasteiger partial charge >= 0.3 is 6.18 Å². The van der Waals surface area contributed by atoms with Gasteiger partial charge in [0.05, 0.1) is 16.6 Å². The number of anilines is 2.